The Morgan fingerprint density at radius 2 is 1.90 bits per heavy atom. The number of hydrogen-bond donors (Lipinski definition) is 1. The van der Waals surface area contributed by atoms with Gasteiger partial charge in [-0.05, 0) is 43.4 Å². The van der Waals surface area contributed by atoms with Crippen molar-refractivity contribution in [2.75, 3.05) is 12.0 Å². The van der Waals surface area contributed by atoms with Crippen LogP contribution in [0.4, 0.5) is 5.82 Å². The molecular formula is C20H21N5O2S2. The van der Waals surface area contributed by atoms with Crippen molar-refractivity contribution < 1.29 is 8.42 Å². The van der Waals surface area contributed by atoms with Crippen molar-refractivity contribution in [1.82, 2.24) is 19.5 Å². The van der Waals surface area contributed by atoms with Crippen LogP contribution in [0, 0.1) is 0 Å². The molecule has 0 unspecified atom stereocenters. The summed E-state index contributed by atoms with van der Waals surface area (Å²) in [6.07, 6.45) is 6.85. The van der Waals surface area contributed by atoms with Gasteiger partial charge in [-0.2, -0.15) is 0 Å². The maximum absolute atomic E-state index is 12.3. The fourth-order valence-corrected chi connectivity index (χ4v) is 6.23. The first-order chi connectivity index (χ1) is 13.9. The summed E-state index contributed by atoms with van der Waals surface area (Å²) in [6.45, 7) is 0.200. The molecule has 7 nitrogen and oxygen atoms in total. The van der Waals surface area contributed by atoms with E-state index in [4.69, 9.17) is 10.7 Å². The van der Waals surface area contributed by atoms with Crippen LogP contribution in [-0.4, -0.2) is 34.2 Å². The number of nitrogens with zero attached hydrogens (tertiary/aromatic N) is 4. The normalized spacial score (nSPS) is 14.9. The van der Waals surface area contributed by atoms with Crippen LogP contribution in [0.3, 0.4) is 0 Å². The summed E-state index contributed by atoms with van der Waals surface area (Å²) in [5.41, 5.74) is 9.02. The average molecular weight is 428 g/mol. The molecule has 9 heteroatoms. The molecule has 0 fully saturated rings. The van der Waals surface area contributed by atoms with Crippen LogP contribution in [0.15, 0.2) is 29.4 Å². The zero-order valence-electron chi connectivity index (χ0n) is 16.1. The number of nitrogen functional groups attached to an aromatic ring is 1. The number of imidazole rings is 1. The molecule has 5 rings (SSSR count). The van der Waals surface area contributed by atoms with Crippen molar-refractivity contribution in [3.05, 3.63) is 40.5 Å². The molecule has 2 N–H and O–H groups in total. The number of sulfone groups is 1. The second-order valence-corrected chi connectivity index (χ2v) is 10.5. The number of thiophene rings is 1. The monoisotopic (exact) mass is 427 g/mol. The van der Waals surface area contributed by atoms with E-state index in [9.17, 15) is 8.42 Å². The van der Waals surface area contributed by atoms with Crippen LogP contribution in [0.2, 0.25) is 0 Å². The van der Waals surface area contributed by atoms with E-state index < -0.39 is 9.84 Å². The number of fused-ring (bicyclic) bond motifs is 4. The largest absolute Gasteiger partial charge is 0.383 e. The molecule has 0 bridgehead atoms. The zero-order chi connectivity index (χ0) is 20.2. The van der Waals surface area contributed by atoms with E-state index in [0.717, 1.165) is 28.6 Å². The number of para-hydroxylation sites is 2. The van der Waals surface area contributed by atoms with E-state index in [-0.39, 0.29) is 11.7 Å². The summed E-state index contributed by atoms with van der Waals surface area (Å²) in [7, 11) is -3.51. The van der Waals surface area contributed by atoms with Crippen LogP contribution in [0.1, 0.15) is 35.5 Å². The first-order valence-electron chi connectivity index (χ1n) is 9.64. The van der Waals surface area contributed by atoms with Gasteiger partial charge in [-0.3, -0.25) is 0 Å². The highest BCUT2D eigenvalue weighted by Gasteiger charge is 2.22. The molecule has 0 amide bonds. The highest BCUT2D eigenvalue weighted by atomic mass is 32.2. The lowest BCUT2D eigenvalue weighted by Gasteiger charge is -2.09. The molecule has 0 saturated carbocycles. The predicted octanol–water partition coefficient (Wildman–Crippen LogP) is 3.34. The summed E-state index contributed by atoms with van der Waals surface area (Å²) < 4.78 is 26.3. The SMILES string of the molecule is CS(=O)(=O)c1nc2ccccc2n1Cc1nc(N)c2c3c(sc2n1)CCCCC3. The smallest absolute Gasteiger partial charge is 0.228 e. The average Bonchev–Trinajstić information content (AvgIpc) is 3.12. The molecule has 3 heterocycles. The molecule has 1 aliphatic rings. The fraction of sp³-hybridized carbons (Fsp3) is 0.350. The number of hydrogen-bond acceptors (Lipinski definition) is 7. The van der Waals surface area contributed by atoms with Crippen LogP contribution in [0.5, 0.6) is 0 Å². The highest BCUT2D eigenvalue weighted by molar-refractivity contribution is 7.90. The Bertz CT molecular complexity index is 1350. The van der Waals surface area contributed by atoms with Gasteiger partial charge in [-0.1, -0.05) is 18.6 Å². The lowest BCUT2D eigenvalue weighted by atomic mass is 10.1. The van der Waals surface area contributed by atoms with Crippen molar-refractivity contribution in [1.29, 1.82) is 0 Å². The minimum Gasteiger partial charge on any atom is -0.383 e. The minimum absolute atomic E-state index is 0.0166. The van der Waals surface area contributed by atoms with E-state index in [0.29, 0.717) is 17.2 Å². The van der Waals surface area contributed by atoms with Gasteiger partial charge < -0.3 is 10.3 Å². The van der Waals surface area contributed by atoms with Gasteiger partial charge in [0.25, 0.3) is 0 Å². The van der Waals surface area contributed by atoms with Crippen molar-refractivity contribution in [2.45, 2.75) is 43.8 Å². The molecule has 0 aliphatic heterocycles. The van der Waals surface area contributed by atoms with Gasteiger partial charge in [-0.15, -0.1) is 11.3 Å². The predicted molar refractivity (Wildman–Crippen MR) is 115 cm³/mol. The van der Waals surface area contributed by atoms with Gasteiger partial charge in [0.15, 0.2) is 5.82 Å². The van der Waals surface area contributed by atoms with E-state index in [1.807, 2.05) is 18.2 Å². The zero-order valence-corrected chi connectivity index (χ0v) is 17.7. The van der Waals surface area contributed by atoms with Gasteiger partial charge >= 0.3 is 0 Å². The second-order valence-electron chi connectivity index (χ2n) is 7.51. The summed E-state index contributed by atoms with van der Waals surface area (Å²) in [5.74, 6) is 0.981. The number of anilines is 1. The second kappa shape index (κ2) is 6.77. The maximum atomic E-state index is 12.3. The van der Waals surface area contributed by atoms with Crippen molar-refractivity contribution in [2.24, 2.45) is 0 Å². The van der Waals surface area contributed by atoms with Gasteiger partial charge in [0, 0.05) is 11.1 Å². The molecule has 0 atom stereocenters. The highest BCUT2D eigenvalue weighted by Crippen LogP contribution is 2.37. The summed E-state index contributed by atoms with van der Waals surface area (Å²) in [5, 5.41) is 0.998. The molecule has 1 aromatic carbocycles. The molecule has 29 heavy (non-hydrogen) atoms. The molecule has 150 valence electrons. The first-order valence-corrected chi connectivity index (χ1v) is 12.3. The Morgan fingerprint density at radius 1 is 1.10 bits per heavy atom. The molecule has 1 aliphatic carbocycles. The summed E-state index contributed by atoms with van der Waals surface area (Å²) in [6, 6.07) is 7.35. The standard InChI is InChI=1S/C20H21N5O2S2/c1-29(26,27)20-22-13-8-5-6-9-14(13)25(20)11-16-23-18(21)17-12-7-3-2-4-10-15(12)28-19(17)24-16/h5-6,8-9H,2-4,7,10-11H2,1H3,(H2,21,23,24). The van der Waals surface area contributed by atoms with Gasteiger partial charge in [0.2, 0.25) is 15.0 Å². The molecular weight excluding hydrogens is 406 g/mol. The number of aryl methyl sites for hydroxylation is 2. The number of aromatic nitrogens is 4. The van der Waals surface area contributed by atoms with E-state index in [2.05, 4.69) is 9.97 Å². The van der Waals surface area contributed by atoms with Crippen LogP contribution in [0.25, 0.3) is 21.3 Å². The lowest BCUT2D eigenvalue weighted by molar-refractivity contribution is 0.579. The van der Waals surface area contributed by atoms with E-state index >= 15 is 0 Å². The maximum Gasteiger partial charge on any atom is 0.228 e. The number of benzene rings is 1. The Balaban J connectivity index is 1.65. The van der Waals surface area contributed by atoms with Crippen LogP contribution < -0.4 is 5.73 Å². The Morgan fingerprint density at radius 3 is 2.72 bits per heavy atom. The van der Waals surface area contributed by atoms with Crippen molar-refractivity contribution in [3.63, 3.8) is 0 Å². The van der Waals surface area contributed by atoms with E-state index in [1.54, 1.807) is 22.0 Å². The Kier molecular flexibility index (Phi) is 4.32. The summed E-state index contributed by atoms with van der Waals surface area (Å²) >= 11 is 1.69. The summed E-state index contributed by atoms with van der Waals surface area (Å²) in [4.78, 5) is 15.9. The fourth-order valence-electron chi connectivity index (χ4n) is 4.11. The van der Waals surface area contributed by atoms with Crippen LogP contribution in [-0.2, 0) is 29.2 Å². The van der Waals surface area contributed by atoms with Gasteiger partial charge in [0.1, 0.15) is 10.6 Å². The third-order valence-corrected chi connectivity index (χ3v) is 7.55. The number of nitrogens with two attached hydrogens (primary N) is 1. The molecule has 0 spiro atoms. The van der Waals surface area contributed by atoms with E-state index in [1.165, 1.54) is 36.0 Å². The van der Waals surface area contributed by atoms with Gasteiger partial charge in [-0.25, -0.2) is 23.4 Å². The van der Waals surface area contributed by atoms with Crippen molar-refractivity contribution >= 4 is 48.2 Å². The molecule has 4 aromatic rings. The lowest BCUT2D eigenvalue weighted by Crippen LogP contribution is -2.12. The third kappa shape index (κ3) is 3.18. The molecule has 3 aromatic heterocycles. The Labute approximate surface area is 172 Å². The topological polar surface area (TPSA) is 104 Å². The third-order valence-electron chi connectivity index (χ3n) is 5.39. The minimum atomic E-state index is -3.51. The quantitative estimate of drug-likeness (QED) is 0.503. The molecule has 0 radical (unpaired) electrons. The number of rotatable bonds is 3. The first kappa shape index (κ1) is 18.5. The van der Waals surface area contributed by atoms with Crippen molar-refractivity contribution in [3.8, 4) is 0 Å². The van der Waals surface area contributed by atoms with Gasteiger partial charge in [0.05, 0.1) is 23.0 Å². The molecule has 0 saturated heterocycles. The van der Waals surface area contributed by atoms with Crippen LogP contribution >= 0.6 is 11.3 Å². The Hall–Kier alpha value is -2.52.